The Morgan fingerprint density at radius 3 is 2.80 bits per heavy atom. The Balaban J connectivity index is 2.41. The highest BCUT2D eigenvalue weighted by atomic mass is 28.3. The van der Waals surface area contributed by atoms with E-state index in [0.29, 0.717) is 0 Å². The molecule has 0 fully saturated rings. The standard InChI is InChI=1S/C11H13N3Si/c1-15(2,3)7-4-10-9-14-6-5-12-8-11(14)13-10/h5-6,8-9H,1-3H3. The summed E-state index contributed by atoms with van der Waals surface area (Å²) in [5.41, 5.74) is 4.96. The van der Waals surface area contributed by atoms with Crippen molar-refractivity contribution in [3.8, 4) is 11.5 Å². The molecule has 0 N–H and O–H groups in total. The minimum absolute atomic E-state index is 0.824. The first-order valence-corrected chi connectivity index (χ1v) is 8.36. The van der Waals surface area contributed by atoms with E-state index in [2.05, 4.69) is 41.1 Å². The van der Waals surface area contributed by atoms with Crippen molar-refractivity contribution in [3.63, 3.8) is 0 Å². The molecule has 2 aromatic heterocycles. The molecule has 0 amide bonds. The second-order valence-electron chi connectivity index (χ2n) is 4.47. The van der Waals surface area contributed by atoms with E-state index in [1.54, 1.807) is 12.4 Å². The van der Waals surface area contributed by atoms with Crippen LogP contribution in [0.15, 0.2) is 24.8 Å². The van der Waals surface area contributed by atoms with Crippen LogP contribution in [0.4, 0.5) is 0 Å². The van der Waals surface area contributed by atoms with Gasteiger partial charge in [-0.1, -0.05) is 25.6 Å². The van der Waals surface area contributed by atoms with Crippen LogP contribution in [0.25, 0.3) is 5.65 Å². The maximum atomic E-state index is 4.36. The summed E-state index contributed by atoms with van der Waals surface area (Å²) in [5, 5.41) is 0. The molecule has 0 aliphatic heterocycles. The molecule has 0 aromatic carbocycles. The SMILES string of the molecule is C[Si](C)(C)C#Cc1cn2ccncc2n1. The smallest absolute Gasteiger partial charge is 0.156 e. The lowest BCUT2D eigenvalue weighted by molar-refractivity contribution is 1.13. The Morgan fingerprint density at radius 2 is 2.13 bits per heavy atom. The van der Waals surface area contributed by atoms with Gasteiger partial charge in [-0.15, -0.1) is 5.54 Å². The molecule has 2 aromatic rings. The van der Waals surface area contributed by atoms with Crippen molar-refractivity contribution in [2.75, 3.05) is 0 Å². The van der Waals surface area contributed by atoms with E-state index in [1.165, 1.54) is 0 Å². The van der Waals surface area contributed by atoms with E-state index >= 15 is 0 Å². The monoisotopic (exact) mass is 215 g/mol. The molecular weight excluding hydrogens is 202 g/mol. The van der Waals surface area contributed by atoms with E-state index < -0.39 is 8.07 Å². The number of imidazole rings is 1. The third kappa shape index (κ3) is 2.45. The summed E-state index contributed by atoms with van der Waals surface area (Å²) in [5.74, 6) is 3.13. The van der Waals surface area contributed by atoms with Crippen molar-refractivity contribution in [3.05, 3.63) is 30.5 Å². The summed E-state index contributed by atoms with van der Waals surface area (Å²) < 4.78 is 1.93. The Kier molecular flexibility index (Phi) is 2.33. The van der Waals surface area contributed by atoms with Crippen molar-refractivity contribution in [1.82, 2.24) is 14.4 Å². The van der Waals surface area contributed by atoms with Crippen LogP contribution in [-0.2, 0) is 0 Å². The first-order chi connectivity index (χ1) is 7.04. The minimum atomic E-state index is -1.31. The molecule has 15 heavy (non-hydrogen) atoms. The summed E-state index contributed by atoms with van der Waals surface area (Å²) in [6.07, 6.45) is 7.29. The van der Waals surface area contributed by atoms with Gasteiger partial charge in [0.1, 0.15) is 13.8 Å². The number of hydrogen-bond acceptors (Lipinski definition) is 2. The zero-order chi connectivity index (χ0) is 10.9. The van der Waals surface area contributed by atoms with Crippen LogP contribution in [0.2, 0.25) is 19.6 Å². The molecule has 0 saturated heterocycles. The van der Waals surface area contributed by atoms with Crippen molar-refractivity contribution in [2.45, 2.75) is 19.6 Å². The normalized spacial score (nSPS) is 11.1. The third-order valence-electron chi connectivity index (χ3n) is 1.83. The fourth-order valence-electron chi connectivity index (χ4n) is 1.15. The molecule has 0 unspecified atom stereocenters. The fraction of sp³-hybridized carbons (Fsp3) is 0.273. The molecule has 2 heterocycles. The third-order valence-corrected chi connectivity index (χ3v) is 2.70. The number of hydrogen-bond donors (Lipinski definition) is 0. The quantitative estimate of drug-likeness (QED) is 0.497. The largest absolute Gasteiger partial charge is 0.303 e. The molecule has 0 spiro atoms. The lowest BCUT2D eigenvalue weighted by Crippen LogP contribution is -2.16. The van der Waals surface area contributed by atoms with Crippen molar-refractivity contribution < 1.29 is 0 Å². The maximum Gasteiger partial charge on any atom is 0.156 e. The number of rotatable bonds is 0. The van der Waals surface area contributed by atoms with Crippen LogP contribution in [0, 0.1) is 11.5 Å². The first-order valence-electron chi connectivity index (χ1n) is 4.86. The zero-order valence-electron chi connectivity index (χ0n) is 9.15. The van der Waals surface area contributed by atoms with Crippen molar-refractivity contribution in [2.24, 2.45) is 0 Å². The average molecular weight is 215 g/mol. The van der Waals surface area contributed by atoms with Gasteiger partial charge in [0.2, 0.25) is 0 Å². The maximum absolute atomic E-state index is 4.36. The minimum Gasteiger partial charge on any atom is -0.303 e. The van der Waals surface area contributed by atoms with Gasteiger partial charge < -0.3 is 4.40 Å². The summed E-state index contributed by atoms with van der Waals surface area (Å²) in [6.45, 7) is 6.66. The van der Waals surface area contributed by atoms with Gasteiger partial charge in [0.15, 0.2) is 5.65 Å². The van der Waals surface area contributed by atoms with Crippen LogP contribution in [0.3, 0.4) is 0 Å². The van der Waals surface area contributed by atoms with Gasteiger partial charge in [0.05, 0.1) is 6.20 Å². The summed E-state index contributed by atoms with van der Waals surface area (Å²) in [7, 11) is -1.31. The van der Waals surface area contributed by atoms with E-state index in [0.717, 1.165) is 11.3 Å². The van der Waals surface area contributed by atoms with E-state index in [-0.39, 0.29) is 0 Å². The average Bonchev–Trinajstić information content (AvgIpc) is 2.56. The number of fused-ring (bicyclic) bond motifs is 1. The Bertz CT molecular complexity index is 507. The highest BCUT2D eigenvalue weighted by Gasteiger charge is 2.07. The summed E-state index contributed by atoms with van der Waals surface area (Å²) in [6, 6.07) is 0. The van der Waals surface area contributed by atoms with Crippen LogP contribution in [0.1, 0.15) is 5.69 Å². The van der Waals surface area contributed by atoms with Crippen LogP contribution in [0.5, 0.6) is 0 Å². The predicted octanol–water partition coefficient (Wildman–Crippen LogP) is 1.96. The van der Waals surface area contributed by atoms with Gasteiger partial charge in [0.25, 0.3) is 0 Å². The first kappa shape index (κ1) is 9.93. The molecule has 0 radical (unpaired) electrons. The second kappa shape index (κ2) is 3.52. The summed E-state index contributed by atoms with van der Waals surface area (Å²) >= 11 is 0. The molecule has 4 heteroatoms. The lowest BCUT2D eigenvalue weighted by Gasteiger charge is -2.02. The molecule has 76 valence electrons. The van der Waals surface area contributed by atoms with Gasteiger partial charge in [-0.25, -0.2) is 4.98 Å². The highest BCUT2D eigenvalue weighted by molar-refractivity contribution is 6.83. The molecule has 0 atom stereocenters. The molecule has 0 saturated carbocycles. The number of nitrogens with zero attached hydrogens (tertiary/aromatic N) is 3. The van der Waals surface area contributed by atoms with Gasteiger partial charge in [-0.05, 0) is 0 Å². The fourth-order valence-corrected chi connectivity index (χ4v) is 1.66. The van der Waals surface area contributed by atoms with Crippen LogP contribution in [-0.4, -0.2) is 22.4 Å². The van der Waals surface area contributed by atoms with Gasteiger partial charge >= 0.3 is 0 Å². The lowest BCUT2D eigenvalue weighted by atomic mass is 10.5. The molecular formula is C11H13N3Si. The Morgan fingerprint density at radius 1 is 1.33 bits per heavy atom. The zero-order valence-corrected chi connectivity index (χ0v) is 10.2. The van der Waals surface area contributed by atoms with Crippen molar-refractivity contribution in [1.29, 1.82) is 0 Å². The molecule has 2 rings (SSSR count). The highest BCUT2D eigenvalue weighted by Crippen LogP contribution is 2.03. The Hall–Kier alpha value is -1.60. The van der Waals surface area contributed by atoms with Crippen LogP contribution < -0.4 is 0 Å². The van der Waals surface area contributed by atoms with Crippen LogP contribution >= 0.6 is 0 Å². The van der Waals surface area contributed by atoms with Gasteiger partial charge in [0, 0.05) is 18.6 Å². The molecule has 0 aliphatic rings. The number of aromatic nitrogens is 3. The van der Waals surface area contributed by atoms with Crippen molar-refractivity contribution >= 4 is 13.7 Å². The topological polar surface area (TPSA) is 30.2 Å². The van der Waals surface area contributed by atoms with E-state index in [9.17, 15) is 0 Å². The van der Waals surface area contributed by atoms with Gasteiger partial charge in [-0.2, -0.15) is 0 Å². The predicted molar refractivity (Wildman–Crippen MR) is 63.2 cm³/mol. The van der Waals surface area contributed by atoms with E-state index in [1.807, 2.05) is 16.8 Å². The molecule has 0 aliphatic carbocycles. The Labute approximate surface area is 90.2 Å². The molecule has 0 bridgehead atoms. The van der Waals surface area contributed by atoms with Gasteiger partial charge in [-0.3, -0.25) is 4.98 Å². The second-order valence-corrected chi connectivity index (χ2v) is 9.22. The summed E-state index contributed by atoms with van der Waals surface area (Å²) in [4.78, 5) is 8.38. The van der Waals surface area contributed by atoms with E-state index in [4.69, 9.17) is 0 Å². The molecule has 3 nitrogen and oxygen atoms in total.